The maximum atomic E-state index is 12.6. The molecule has 1 aromatic carbocycles. The molecule has 0 spiro atoms. The molecule has 2 aromatic rings. The zero-order chi connectivity index (χ0) is 18.0. The van der Waals surface area contributed by atoms with Crippen molar-refractivity contribution in [3.05, 3.63) is 40.2 Å². The standard InChI is InChI=1S/C19H25ClN4O/c1-13-16(14(2)23(3)22-13)12-19(25)21-17-11-15(20)7-8-18(17)24-9-5-4-6-10-24/h7-8,11H,4-6,9-10,12H2,1-3H3,(H,21,25). The van der Waals surface area contributed by atoms with Crippen LogP contribution >= 0.6 is 11.6 Å². The summed E-state index contributed by atoms with van der Waals surface area (Å²) in [5, 5.41) is 8.07. The monoisotopic (exact) mass is 360 g/mol. The Hall–Kier alpha value is -2.01. The highest BCUT2D eigenvalue weighted by atomic mass is 35.5. The normalized spacial score (nSPS) is 14.6. The third-order valence-electron chi connectivity index (χ3n) is 4.93. The van der Waals surface area contributed by atoms with Gasteiger partial charge in [-0.15, -0.1) is 0 Å². The number of rotatable bonds is 4. The number of nitrogens with zero attached hydrogens (tertiary/aromatic N) is 3. The van der Waals surface area contributed by atoms with Crippen LogP contribution in [0.3, 0.4) is 0 Å². The summed E-state index contributed by atoms with van der Waals surface area (Å²) >= 11 is 6.17. The average molecular weight is 361 g/mol. The van der Waals surface area contributed by atoms with Gasteiger partial charge in [0.1, 0.15) is 0 Å². The van der Waals surface area contributed by atoms with Gasteiger partial charge in [0.25, 0.3) is 0 Å². The lowest BCUT2D eigenvalue weighted by atomic mass is 10.1. The Morgan fingerprint density at radius 1 is 1.24 bits per heavy atom. The summed E-state index contributed by atoms with van der Waals surface area (Å²) in [6, 6.07) is 5.73. The molecule has 6 heteroatoms. The molecule has 25 heavy (non-hydrogen) atoms. The van der Waals surface area contributed by atoms with Crippen molar-refractivity contribution in [1.82, 2.24) is 9.78 Å². The molecule has 1 aliphatic heterocycles. The third kappa shape index (κ3) is 3.98. The fourth-order valence-corrected chi connectivity index (χ4v) is 3.62. The molecule has 0 bridgehead atoms. The molecular weight excluding hydrogens is 336 g/mol. The van der Waals surface area contributed by atoms with Crippen molar-refractivity contribution in [2.75, 3.05) is 23.3 Å². The van der Waals surface area contributed by atoms with Gasteiger partial charge in [-0.25, -0.2) is 0 Å². The van der Waals surface area contributed by atoms with Gasteiger partial charge < -0.3 is 10.2 Å². The zero-order valence-corrected chi connectivity index (χ0v) is 15.9. The molecule has 1 aliphatic rings. The summed E-state index contributed by atoms with van der Waals surface area (Å²) in [7, 11) is 1.90. The van der Waals surface area contributed by atoms with Crippen molar-refractivity contribution in [2.24, 2.45) is 7.05 Å². The smallest absolute Gasteiger partial charge is 0.228 e. The molecule has 1 aromatic heterocycles. The lowest BCUT2D eigenvalue weighted by molar-refractivity contribution is -0.115. The predicted molar refractivity (Wildman–Crippen MR) is 103 cm³/mol. The van der Waals surface area contributed by atoms with Crippen molar-refractivity contribution in [2.45, 2.75) is 39.5 Å². The molecule has 5 nitrogen and oxygen atoms in total. The molecular formula is C19H25ClN4O. The van der Waals surface area contributed by atoms with E-state index in [0.717, 1.165) is 41.4 Å². The van der Waals surface area contributed by atoms with Gasteiger partial charge >= 0.3 is 0 Å². The number of carbonyl (C=O) groups excluding carboxylic acids is 1. The van der Waals surface area contributed by atoms with E-state index in [1.54, 1.807) is 0 Å². The Morgan fingerprint density at radius 3 is 2.60 bits per heavy atom. The number of nitrogens with one attached hydrogen (secondary N) is 1. The largest absolute Gasteiger partial charge is 0.370 e. The summed E-state index contributed by atoms with van der Waals surface area (Å²) in [6.45, 7) is 5.96. The van der Waals surface area contributed by atoms with Gasteiger partial charge in [0.05, 0.1) is 23.5 Å². The van der Waals surface area contributed by atoms with E-state index >= 15 is 0 Å². The van der Waals surface area contributed by atoms with Crippen molar-refractivity contribution in [3.63, 3.8) is 0 Å². The molecule has 1 amide bonds. The van der Waals surface area contributed by atoms with E-state index in [2.05, 4.69) is 15.3 Å². The minimum atomic E-state index is -0.0419. The van der Waals surface area contributed by atoms with Gasteiger partial charge in [-0.1, -0.05) is 11.6 Å². The van der Waals surface area contributed by atoms with E-state index in [1.165, 1.54) is 19.3 Å². The van der Waals surface area contributed by atoms with Crippen LogP contribution in [0.15, 0.2) is 18.2 Å². The van der Waals surface area contributed by atoms with Gasteiger partial charge in [0.15, 0.2) is 0 Å². The van der Waals surface area contributed by atoms with E-state index in [0.29, 0.717) is 11.4 Å². The van der Waals surface area contributed by atoms with E-state index in [1.807, 2.05) is 43.8 Å². The van der Waals surface area contributed by atoms with Crippen LogP contribution in [0.4, 0.5) is 11.4 Å². The van der Waals surface area contributed by atoms with Crippen molar-refractivity contribution >= 4 is 28.9 Å². The number of aryl methyl sites for hydroxylation is 2. The van der Waals surface area contributed by atoms with Gasteiger partial charge in [-0.3, -0.25) is 9.48 Å². The first-order valence-electron chi connectivity index (χ1n) is 8.79. The minimum Gasteiger partial charge on any atom is -0.370 e. The van der Waals surface area contributed by atoms with Gasteiger partial charge in [-0.2, -0.15) is 5.10 Å². The highest BCUT2D eigenvalue weighted by molar-refractivity contribution is 6.31. The summed E-state index contributed by atoms with van der Waals surface area (Å²) < 4.78 is 1.82. The van der Waals surface area contributed by atoms with E-state index in [4.69, 9.17) is 11.6 Å². The molecule has 2 heterocycles. The summed E-state index contributed by atoms with van der Waals surface area (Å²) in [5.41, 5.74) is 4.75. The number of halogens is 1. The Kier molecular flexibility index (Phi) is 5.33. The third-order valence-corrected chi connectivity index (χ3v) is 5.16. The molecule has 134 valence electrons. The number of hydrogen-bond acceptors (Lipinski definition) is 3. The van der Waals surface area contributed by atoms with E-state index in [-0.39, 0.29) is 5.91 Å². The van der Waals surface area contributed by atoms with Crippen LogP contribution in [0.1, 0.15) is 36.2 Å². The van der Waals surface area contributed by atoms with Crippen molar-refractivity contribution in [3.8, 4) is 0 Å². The maximum absolute atomic E-state index is 12.6. The topological polar surface area (TPSA) is 50.2 Å². The second-order valence-corrected chi connectivity index (χ2v) is 7.14. The molecule has 1 fully saturated rings. The molecule has 0 radical (unpaired) electrons. The Balaban J connectivity index is 1.79. The van der Waals surface area contributed by atoms with Crippen LogP contribution in [0.25, 0.3) is 0 Å². The SMILES string of the molecule is Cc1nn(C)c(C)c1CC(=O)Nc1cc(Cl)ccc1N1CCCCC1. The number of piperidine rings is 1. The highest BCUT2D eigenvalue weighted by Gasteiger charge is 2.18. The lowest BCUT2D eigenvalue weighted by Crippen LogP contribution is -2.30. The highest BCUT2D eigenvalue weighted by Crippen LogP contribution is 2.31. The van der Waals surface area contributed by atoms with Gasteiger partial charge in [0, 0.05) is 36.4 Å². The summed E-state index contributed by atoms with van der Waals surface area (Å²) in [4.78, 5) is 15.0. The van der Waals surface area contributed by atoms with Crippen LogP contribution in [0.2, 0.25) is 5.02 Å². The Labute approximate surface area is 154 Å². The van der Waals surface area contributed by atoms with Crippen molar-refractivity contribution in [1.29, 1.82) is 0 Å². The number of amides is 1. The lowest BCUT2D eigenvalue weighted by Gasteiger charge is -2.30. The fraction of sp³-hybridized carbons (Fsp3) is 0.474. The second kappa shape index (κ2) is 7.48. The number of anilines is 2. The van der Waals surface area contributed by atoms with Crippen LogP contribution in [-0.2, 0) is 18.3 Å². The first-order valence-corrected chi connectivity index (χ1v) is 9.17. The van der Waals surface area contributed by atoms with Gasteiger partial charge in [0.2, 0.25) is 5.91 Å². The molecule has 0 saturated carbocycles. The first kappa shape index (κ1) is 17.8. The molecule has 0 atom stereocenters. The van der Waals surface area contributed by atoms with Crippen LogP contribution < -0.4 is 10.2 Å². The van der Waals surface area contributed by atoms with Crippen LogP contribution in [0, 0.1) is 13.8 Å². The molecule has 0 unspecified atom stereocenters. The average Bonchev–Trinajstić information content (AvgIpc) is 2.82. The molecule has 1 N–H and O–H groups in total. The van der Waals surface area contributed by atoms with E-state index < -0.39 is 0 Å². The maximum Gasteiger partial charge on any atom is 0.228 e. The number of hydrogen-bond donors (Lipinski definition) is 1. The quantitative estimate of drug-likeness (QED) is 0.900. The van der Waals surface area contributed by atoms with Crippen LogP contribution in [0.5, 0.6) is 0 Å². The summed E-state index contributed by atoms with van der Waals surface area (Å²) in [6.07, 6.45) is 3.96. The van der Waals surface area contributed by atoms with Gasteiger partial charge in [-0.05, 0) is 51.3 Å². The molecule has 1 saturated heterocycles. The zero-order valence-electron chi connectivity index (χ0n) is 15.1. The summed E-state index contributed by atoms with van der Waals surface area (Å²) in [5.74, 6) is -0.0419. The molecule has 0 aliphatic carbocycles. The number of benzene rings is 1. The first-order chi connectivity index (χ1) is 12.0. The Bertz CT molecular complexity index is 778. The Morgan fingerprint density at radius 2 is 1.96 bits per heavy atom. The fourth-order valence-electron chi connectivity index (χ4n) is 3.45. The van der Waals surface area contributed by atoms with Crippen molar-refractivity contribution < 1.29 is 4.79 Å². The predicted octanol–water partition coefficient (Wildman–Crippen LogP) is 3.86. The number of aromatic nitrogens is 2. The molecule has 3 rings (SSSR count). The minimum absolute atomic E-state index is 0.0419. The van der Waals surface area contributed by atoms with Crippen LogP contribution in [-0.4, -0.2) is 28.8 Å². The second-order valence-electron chi connectivity index (χ2n) is 6.71. The van der Waals surface area contributed by atoms with E-state index in [9.17, 15) is 4.79 Å². The number of carbonyl (C=O) groups is 1.